The number of hydrogen-bond donors (Lipinski definition) is 1. The minimum Gasteiger partial charge on any atom is -0.319 e. The molecule has 1 fully saturated rings. The summed E-state index contributed by atoms with van der Waals surface area (Å²) >= 11 is 5.96. The monoisotopic (exact) mass is 238 g/mol. The van der Waals surface area contributed by atoms with Gasteiger partial charge in [-0.1, -0.05) is 36.9 Å². The zero-order valence-corrected chi connectivity index (χ0v) is 10.5. The van der Waals surface area contributed by atoms with Crippen molar-refractivity contribution in [2.75, 3.05) is 12.5 Å². The first-order chi connectivity index (χ1) is 7.75. The van der Waals surface area contributed by atoms with Gasteiger partial charge in [0, 0.05) is 18.1 Å². The summed E-state index contributed by atoms with van der Waals surface area (Å²) in [7, 11) is 2.12. The van der Waals surface area contributed by atoms with Gasteiger partial charge in [0.15, 0.2) is 0 Å². The van der Waals surface area contributed by atoms with Gasteiger partial charge >= 0.3 is 0 Å². The van der Waals surface area contributed by atoms with Crippen molar-refractivity contribution in [2.45, 2.75) is 38.1 Å². The molecule has 0 aromatic heterocycles. The molecule has 0 unspecified atom stereocenters. The third kappa shape index (κ3) is 3.13. The molecular formula is C13H19ClN2. The summed E-state index contributed by atoms with van der Waals surface area (Å²) < 4.78 is 0. The molecule has 16 heavy (non-hydrogen) atoms. The highest BCUT2D eigenvalue weighted by molar-refractivity contribution is 6.30. The van der Waals surface area contributed by atoms with Gasteiger partial charge in [0.05, 0.1) is 5.69 Å². The first kappa shape index (κ1) is 11.7. The summed E-state index contributed by atoms with van der Waals surface area (Å²) in [5.41, 5.74) is 4.47. The molecule has 88 valence electrons. The topological polar surface area (TPSA) is 15.3 Å². The van der Waals surface area contributed by atoms with Crippen molar-refractivity contribution in [1.82, 2.24) is 5.01 Å². The molecule has 0 aliphatic heterocycles. The van der Waals surface area contributed by atoms with E-state index >= 15 is 0 Å². The number of anilines is 1. The molecule has 1 saturated carbocycles. The summed E-state index contributed by atoms with van der Waals surface area (Å²) in [6, 6.07) is 8.53. The van der Waals surface area contributed by atoms with Crippen LogP contribution in [-0.4, -0.2) is 18.1 Å². The van der Waals surface area contributed by atoms with Crippen LogP contribution in [0.2, 0.25) is 5.02 Å². The summed E-state index contributed by atoms with van der Waals surface area (Å²) in [6.07, 6.45) is 6.69. The SMILES string of the molecule is CN(Nc1cccc(Cl)c1)C1CCCCC1. The lowest BCUT2D eigenvalue weighted by molar-refractivity contribution is 0.226. The fourth-order valence-electron chi connectivity index (χ4n) is 2.32. The second kappa shape index (κ2) is 5.55. The third-order valence-corrected chi connectivity index (χ3v) is 3.49. The molecule has 0 amide bonds. The van der Waals surface area contributed by atoms with Crippen LogP contribution in [0.4, 0.5) is 5.69 Å². The van der Waals surface area contributed by atoms with E-state index in [4.69, 9.17) is 11.6 Å². The van der Waals surface area contributed by atoms with Crippen LogP contribution in [0.15, 0.2) is 24.3 Å². The van der Waals surface area contributed by atoms with Gasteiger partial charge in [0.2, 0.25) is 0 Å². The summed E-state index contributed by atoms with van der Waals surface area (Å²) in [5, 5.41) is 3.01. The predicted molar refractivity (Wildman–Crippen MR) is 69.7 cm³/mol. The van der Waals surface area contributed by atoms with Crippen LogP contribution in [-0.2, 0) is 0 Å². The van der Waals surface area contributed by atoms with Gasteiger partial charge in [-0.15, -0.1) is 0 Å². The van der Waals surface area contributed by atoms with Gasteiger partial charge in [0.1, 0.15) is 0 Å². The Bertz CT molecular complexity index is 334. The second-order valence-electron chi connectivity index (χ2n) is 4.52. The largest absolute Gasteiger partial charge is 0.319 e. The van der Waals surface area contributed by atoms with Crippen molar-refractivity contribution < 1.29 is 0 Å². The predicted octanol–water partition coefficient (Wildman–Crippen LogP) is 3.93. The van der Waals surface area contributed by atoms with E-state index in [0.29, 0.717) is 6.04 Å². The van der Waals surface area contributed by atoms with E-state index in [1.54, 1.807) is 0 Å². The Balaban J connectivity index is 1.93. The second-order valence-corrected chi connectivity index (χ2v) is 4.96. The lowest BCUT2D eigenvalue weighted by Gasteiger charge is -2.32. The maximum absolute atomic E-state index is 5.96. The molecule has 0 bridgehead atoms. The van der Waals surface area contributed by atoms with Gasteiger partial charge in [-0.25, -0.2) is 5.01 Å². The van der Waals surface area contributed by atoms with Crippen LogP contribution < -0.4 is 5.43 Å². The van der Waals surface area contributed by atoms with Gasteiger partial charge in [0.25, 0.3) is 0 Å². The molecule has 0 radical (unpaired) electrons. The van der Waals surface area contributed by atoms with E-state index in [-0.39, 0.29) is 0 Å². The first-order valence-corrected chi connectivity index (χ1v) is 6.38. The number of nitrogens with zero attached hydrogens (tertiary/aromatic N) is 1. The van der Waals surface area contributed by atoms with Crippen LogP contribution >= 0.6 is 11.6 Å². The molecule has 1 aromatic carbocycles. The highest BCUT2D eigenvalue weighted by Crippen LogP contribution is 2.23. The van der Waals surface area contributed by atoms with Crippen molar-refractivity contribution >= 4 is 17.3 Å². The average Bonchev–Trinajstić information content (AvgIpc) is 2.30. The molecular weight excluding hydrogens is 220 g/mol. The van der Waals surface area contributed by atoms with Crippen LogP contribution in [0.25, 0.3) is 0 Å². The Morgan fingerprint density at radius 1 is 1.25 bits per heavy atom. The van der Waals surface area contributed by atoms with Crippen LogP contribution in [0, 0.1) is 0 Å². The van der Waals surface area contributed by atoms with Crippen molar-refractivity contribution in [3.05, 3.63) is 29.3 Å². The Hall–Kier alpha value is -0.730. The zero-order chi connectivity index (χ0) is 11.4. The molecule has 1 aliphatic carbocycles. The fourth-order valence-corrected chi connectivity index (χ4v) is 2.51. The molecule has 1 aromatic rings. The third-order valence-electron chi connectivity index (χ3n) is 3.25. The summed E-state index contributed by atoms with van der Waals surface area (Å²) in [5.74, 6) is 0. The number of halogens is 1. The minimum absolute atomic E-state index is 0.660. The van der Waals surface area contributed by atoms with E-state index in [9.17, 15) is 0 Å². The summed E-state index contributed by atoms with van der Waals surface area (Å²) in [4.78, 5) is 0. The van der Waals surface area contributed by atoms with E-state index < -0.39 is 0 Å². The van der Waals surface area contributed by atoms with Gasteiger partial charge < -0.3 is 5.43 Å². The number of nitrogens with one attached hydrogen (secondary N) is 1. The Morgan fingerprint density at radius 2 is 2.00 bits per heavy atom. The van der Waals surface area contributed by atoms with Crippen molar-refractivity contribution in [1.29, 1.82) is 0 Å². The Morgan fingerprint density at radius 3 is 2.69 bits per heavy atom. The average molecular weight is 239 g/mol. The molecule has 2 nitrogen and oxygen atoms in total. The van der Waals surface area contributed by atoms with Crippen LogP contribution in [0.5, 0.6) is 0 Å². The van der Waals surface area contributed by atoms with Crippen molar-refractivity contribution in [3.8, 4) is 0 Å². The van der Waals surface area contributed by atoms with E-state index in [2.05, 4.69) is 17.5 Å². The standard InChI is InChI=1S/C13H19ClN2/c1-16(13-8-3-2-4-9-13)15-12-7-5-6-11(14)10-12/h5-7,10,13,15H,2-4,8-9H2,1H3. The van der Waals surface area contributed by atoms with Crippen molar-refractivity contribution in [2.24, 2.45) is 0 Å². The molecule has 1 N–H and O–H groups in total. The quantitative estimate of drug-likeness (QED) is 0.803. The molecule has 0 saturated heterocycles. The van der Waals surface area contributed by atoms with E-state index in [0.717, 1.165) is 10.7 Å². The number of hydrazine groups is 1. The maximum Gasteiger partial charge on any atom is 0.0504 e. The zero-order valence-electron chi connectivity index (χ0n) is 9.75. The number of rotatable bonds is 3. The van der Waals surface area contributed by atoms with E-state index in [1.807, 2.05) is 24.3 Å². The van der Waals surface area contributed by atoms with Crippen LogP contribution in [0.3, 0.4) is 0 Å². The Labute approximate surface area is 103 Å². The van der Waals surface area contributed by atoms with Crippen LogP contribution in [0.1, 0.15) is 32.1 Å². The molecule has 3 heteroatoms. The highest BCUT2D eigenvalue weighted by atomic mass is 35.5. The normalized spacial score (nSPS) is 17.7. The first-order valence-electron chi connectivity index (χ1n) is 6.01. The minimum atomic E-state index is 0.660. The lowest BCUT2D eigenvalue weighted by atomic mass is 9.95. The smallest absolute Gasteiger partial charge is 0.0504 e. The molecule has 0 atom stereocenters. The Kier molecular flexibility index (Phi) is 4.08. The maximum atomic E-state index is 5.96. The summed E-state index contributed by atoms with van der Waals surface area (Å²) in [6.45, 7) is 0. The number of hydrogen-bond acceptors (Lipinski definition) is 2. The highest BCUT2D eigenvalue weighted by Gasteiger charge is 2.17. The van der Waals surface area contributed by atoms with Gasteiger partial charge in [-0.2, -0.15) is 0 Å². The van der Waals surface area contributed by atoms with Crippen molar-refractivity contribution in [3.63, 3.8) is 0 Å². The molecule has 1 aliphatic rings. The fraction of sp³-hybridized carbons (Fsp3) is 0.538. The van der Waals surface area contributed by atoms with Gasteiger partial charge in [-0.3, -0.25) is 0 Å². The van der Waals surface area contributed by atoms with Gasteiger partial charge in [-0.05, 0) is 31.0 Å². The molecule has 0 heterocycles. The lowest BCUT2D eigenvalue weighted by Crippen LogP contribution is -2.37. The van der Waals surface area contributed by atoms with E-state index in [1.165, 1.54) is 32.1 Å². The molecule has 2 rings (SSSR count). The number of benzene rings is 1. The molecule has 0 spiro atoms.